The lowest BCUT2D eigenvalue weighted by atomic mass is 10.0. The Morgan fingerprint density at radius 2 is 2.05 bits per heavy atom. The summed E-state index contributed by atoms with van der Waals surface area (Å²) in [5.74, 6) is 1.58. The van der Waals surface area contributed by atoms with Gasteiger partial charge in [0, 0.05) is 25.2 Å². The number of aliphatic hydroxyl groups is 1. The Kier molecular flexibility index (Phi) is 5.64. The van der Waals surface area contributed by atoms with Crippen molar-refractivity contribution in [3.8, 4) is 11.5 Å². The molecule has 2 unspecified atom stereocenters. The summed E-state index contributed by atoms with van der Waals surface area (Å²) in [7, 11) is 0. The van der Waals surface area contributed by atoms with Crippen molar-refractivity contribution in [1.82, 2.24) is 5.32 Å². The first-order valence-electron chi connectivity index (χ1n) is 7.21. The van der Waals surface area contributed by atoms with Gasteiger partial charge in [0.2, 0.25) is 0 Å². The molecular formula is C15H24N2O3. The van der Waals surface area contributed by atoms with Crippen molar-refractivity contribution in [2.75, 3.05) is 26.4 Å². The monoisotopic (exact) mass is 280 g/mol. The predicted molar refractivity (Wildman–Crippen MR) is 78.1 cm³/mol. The van der Waals surface area contributed by atoms with E-state index in [4.69, 9.17) is 20.3 Å². The van der Waals surface area contributed by atoms with E-state index in [1.807, 2.05) is 18.2 Å². The molecule has 5 heteroatoms. The van der Waals surface area contributed by atoms with Crippen LogP contribution in [0.1, 0.15) is 31.4 Å². The summed E-state index contributed by atoms with van der Waals surface area (Å²) in [6.45, 7) is 4.04. The van der Waals surface area contributed by atoms with Crippen LogP contribution in [0.5, 0.6) is 11.5 Å². The summed E-state index contributed by atoms with van der Waals surface area (Å²) in [5, 5.41) is 12.4. The number of nitrogens with two attached hydrogens (primary N) is 1. The molecule has 0 aromatic heterocycles. The fraction of sp³-hybridized carbons (Fsp3) is 0.600. The molecule has 1 aliphatic heterocycles. The molecule has 2 atom stereocenters. The molecule has 0 saturated carbocycles. The van der Waals surface area contributed by atoms with Crippen LogP contribution in [0.2, 0.25) is 0 Å². The Bertz CT molecular complexity index is 426. The molecule has 1 aromatic rings. The SMILES string of the molecule is CC(CCCO)NC(CN)c1ccc2c(c1)OCCO2. The highest BCUT2D eigenvalue weighted by Crippen LogP contribution is 2.32. The molecule has 0 radical (unpaired) electrons. The number of hydrogen-bond donors (Lipinski definition) is 3. The third kappa shape index (κ3) is 3.85. The van der Waals surface area contributed by atoms with Gasteiger partial charge in [-0.1, -0.05) is 6.07 Å². The summed E-state index contributed by atoms with van der Waals surface area (Å²) >= 11 is 0. The van der Waals surface area contributed by atoms with E-state index in [0.29, 0.717) is 25.8 Å². The average molecular weight is 280 g/mol. The molecule has 0 spiro atoms. The lowest BCUT2D eigenvalue weighted by molar-refractivity contribution is 0.171. The van der Waals surface area contributed by atoms with Crippen molar-refractivity contribution in [3.63, 3.8) is 0 Å². The van der Waals surface area contributed by atoms with E-state index in [1.54, 1.807) is 0 Å². The number of ether oxygens (including phenoxy) is 2. The third-order valence-electron chi connectivity index (χ3n) is 3.49. The highest BCUT2D eigenvalue weighted by Gasteiger charge is 2.17. The quantitative estimate of drug-likeness (QED) is 0.700. The molecule has 0 fully saturated rings. The van der Waals surface area contributed by atoms with E-state index in [9.17, 15) is 0 Å². The van der Waals surface area contributed by atoms with Crippen LogP contribution in [-0.2, 0) is 0 Å². The standard InChI is InChI=1S/C15H24N2O3/c1-11(3-2-6-18)17-13(10-16)12-4-5-14-15(9-12)20-8-7-19-14/h4-5,9,11,13,17-18H,2-3,6-8,10,16H2,1H3. The van der Waals surface area contributed by atoms with Crippen LogP contribution in [0.3, 0.4) is 0 Å². The van der Waals surface area contributed by atoms with Crippen LogP contribution in [0.15, 0.2) is 18.2 Å². The van der Waals surface area contributed by atoms with Crippen molar-refractivity contribution in [1.29, 1.82) is 0 Å². The molecule has 5 nitrogen and oxygen atoms in total. The van der Waals surface area contributed by atoms with Gasteiger partial charge >= 0.3 is 0 Å². The summed E-state index contributed by atoms with van der Waals surface area (Å²) in [4.78, 5) is 0. The van der Waals surface area contributed by atoms with Gasteiger partial charge in [-0.05, 0) is 37.5 Å². The van der Waals surface area contributed by atoms with Crippen LogP contribution in [0.25, 0.3) is 0 Å². The minimum atomic E-state index is 0.0829. The molecule has 112 valence electrons. The molecular weight excluding hydrogens is 256 g/mol. The molecule has 0 saturated heterocycles. The Morgan fingerprint density at radius 3 is 2.75 bits per heavy atom. The second kappa shape index (κ2) is 7.47. The van der Waals surface area contributed by atoms with Crippen LogP contribution in [0, 0.1) is 0 Å². The highest BCUT2D eigenvalue weighted by atomic mass is 16.6. The molecule has 2 rings (SSSR count). The first kappa shape index (κ1) is 15.1. The molecule has 0 bridgehead atoms. The highest BCUT2D eigenvalue weighted by molar-refractivity contribution is 5.44. The number of benzene rings is 1. The Hall–Kier alpha value is -1.30. The Morgan fingerprint density at radius 1 is 1.30 bits per heavy atom. The zero-order valence-corrected chi connectivity index (χ0v) is 12.0. The van der Waals surface area contributed by atoms with Crippen molar-refractivity contribution in [2.45, 2.75) is 31.8 Å². The lowest BCUT2D eigenvalue weighted by Gasteiger charge is -2.24. The molecule has 20 heavy (non-hydrogen) atoms. The largest absolute Gasteiger partial charge is 0.486 e. The Balaban J connectivity index is 2.03. The van der Waals surface area contributed by atoms with E-state index >= 15 is 0 Å². The minimum Gasteiger partial charge on any atom is -0.486 e. The van der Waals surface area contributed by atoms with Crippen molar-refractivity contribution < 1.29 is 14.6 Å². The smallest absolute Gasteiger partial charge is 0.161 e. The molecule has 0 amide bonds. The van der Waals surface area contributed by atoms with Crippen molar-refractivity contribution in [2.24, 2.45) is 5.73 Å². The van der Waals surface area contributed by atoms with Gasteiger partial charge in [0.25, 0.3) is 0 Å². The van der Waals surface area contributed by atoms with Crippen molar-refractivity contribution >= 4 is 0 Å². The van der Waals surface area contributed by atoms with Gasteiger partial charge < -0.3 is 25.6 Å². The van der Waals surface area contributed by atoms with Gasteiger partial charge in [-0.3, -0.25) is 0 Å². The van der Waals surface area contributed by atoms with E-state index in [0.717, 1.165) is 29.9 Å². The first-order chi connectivity index (χ1) is 9.74. The zero-order valence-electron chi connectivity index (χ0n) is 12.0. The molecule has 1 aromatic carbocycles. The van der Waals surface area contributed by atoms with Crippen LogP contribution < -0.4 is 20.5 Å². The van der Waals surface area contributed by atoms with E-state index in [-0.39, 0.29) is 12.6 Å². The topological polar surface area (TPSA) is 76.7 Å². The number of nitrogens with one attached hydrogen (secondary N) is 1. The van der Waals surface area contributed by atoms with E-state index < -0.39 is 0 Å². The third-order valence-corrected chi connectivity index (χ3v) is 3.49. The zero-order chi connectivity index (χ0) is 14.4. The van der Waals surface area contributed by atoms with E-state index in [1.165, 1.54) is 0 Å². The second-order valence-electron chi connectivity index (χ2n) is 5.12. The van der Waals surface area contributed by atoms with Gasteiger partial charge in [0.15, 0.2) is 11.5 Å². The normalized spacial score (nSPS) is 16.8. The number of fused-ring (bicyclic) bond motifs is 1. The van der Waals surface area contributed by atoms with E-state index in [2.05, 4.69) is 12.2 Å². The van der Waals surface area contributed by atoms with Crippen molar-refractivity contribution in [3.05, 3.63) is 23.8 Å². The van der Waals surface area contributed by atoms with Gasteiger partial charge in [0.05, 0.1) is 0 Å². The molecule has 4 N–H and O–H groups in total. The van der Waals surface area contributed by atoms with Gasteiger partial charge in [-0.15, -0.1) is 0 Å². The van der Waals surface area contributed by atoms with Gasteiger partial charge in [-0.2, -0.15) is 0 Å². The molecule has 1 heterocycles. The fourth-order valence-corrected chi connectivity index (χ4v) is 2.40. The first-order valence-corrected chi connectivity index (χ1v) is 7.21. The molecule has 0 aliphatic carbocycles. The van der Waals surface area contributed by atoms with Crippen LogP contribution >= 0.6 is 0 Å². The lowest BCUT2D eigenvalue weighted by Crippen LogP contribution is -2.35. The maximum Gasteiger partial charge on any atom is 0.161 e. The number of hydrogen-bond acceptors (Lipinski definition) is 5. The fourth-order valence-electron chi connectivity index (χ4n) is 2.40. The van der Waals surface area contributed by atoms with Crippen LogP contribution in [-0.4, -0.2) is 37.5 Å². The Labute approximate surface area is 120 Å². The second-order valence-corrected chi connectivity index (χ2v) is 5.12. The van der Waals surface area contributed by atoms with Gasteiger partial charge in [0.1, 0.15) is 13.2 Å². The van der Waals surface area contributed by atoms with Gasteiger partial charge in [-0.25, -0.2) is 0 Å². The maximum absolute atomic E-state index is 8.87. The maximum atomic E-state index is 8.87. The summed E-state index contributed by atoms with van der Waals surface area (Å²) < 4.78 is 11.1. The minimum absolute atomic E-state index is 0.0829. The number of aliphatic hydroxyl groups excluding tert-OH is 1. The summed E-state index contributed by atoms with van der Waals surface area (Å²) in [6.07, 6.45) is 1.73. The summed E-state index contributed by atoms with van der Waals surface area (Å²) in [5.41, 5.74) is 6.98. The average Bonchev–Trinajstić information content (AvgIpc) is 2.50. The van der Waals surface area contributed by atoms with Crippen LogP contribution in [0.4, 0.5) is 0 Å². The predicted octanol–water partition coefficient (Wildman–Crippen LogP) is 1.21. The molecule has 1 aliphatic rings. The number of rotatable bonds is 7. The summed E-state index contributed by atoms with van der Waals surface area (Å²) in [6, 6.07) is 6.35.